The van der Waals surface area contributed by atoms with Crippen LogP contribution in [-0.2, 0) is 9.59 Å². The van der Waals surface area contributed by atoms with Gasteiger partial charge in [-0.1, -0.05) is 0 Å². The minimum absolute atomic E-state index is 0.0146. The van der Waals surface area contributed by atoms with Gasteiger partial charge in [-0.3, -0.25) is 9.59 Å². The summed E-state index contributed by atoms with van der Waals surface area (Å²) in [4.78, 5) is 43.8. The van der Waals surface area contributed by atoms with Crippen molar-refractivity contribution in [2.75, 3.05) is 25.0 Å². The van der Waals surface area contributed by atoms with Gasteiger partial charge in [0.2, 0.25) is 11.8 Å². The van der Waals surface area contributed by atoms with Crippen molar-refractivity contribution in [2.45, 2.75) is 70.3 Å². The summed E-state index contributed by atoms with van der Waals surface area (Å²) in [7, 11) is 0. The van der Waals surface area contributed by atoms with Gasteiger partial charge in [0.1, 0.15) is 5.82 Å². The Labute approximate surface area is 201 Å². The van der Waals surface area contributed by atoms with Crippen LogP contribution in [0.5, 0.6) is 0 Å². The molecule has 2 heterocycles. The fraction of sp³-hybridized carbons (Fsp3) is 0.692. The minimum Gasteiger partial charge on any atom is -0.343 e. The third-order valence-electron chi connectivity index (χ3n) is 8.43. The van der Waals surface area contributed by atoms with Gasteiger partial charge in [-0.2, -0.15) is 0 Å². The molecule has 1 aromatic heterocycles. The molecule has 4 saturated carbocycles. The molecule has 34 heavy (non-hydrogen) atoms. The summed E-state index contributed by atoms with van der Waals surface area (Å²) in [5, 5.41) is 9.10. The number of carbonyl (C=O) groups excluding carboxylic acids is 3. The molecule has 1 aliphatic heterocycles. The summed E-state index contributed by atoms with van der Waals surface area (Å²) >= 11 is 0. The number of anilines is 1. The maximum atomic E-state index is 12.6. The SMILES string of the molecule is Cc1ccnc(NC(=O)C2CCN(C(=O)CCNC(=O)NC34CC5CC(CC(C5)C3)C4)CC2)c1. The van der Waals surface area contributed by atoms with Gasteiger partial charge in [0.05, 0.1) is 0 Å². The number of aryl methyl sites for hydroxylation is 1. The van der Waals surface area contributed by atoms with Gasteiger partial charge in [-0.25, -0.2) is 9.78 Å². The molecule has 0 atom stereocenters. The molecule has 0 radical (unpaired) electrons. The van der Waals surface area contributed by atoms with Crippen LogP contribution in [0.25, 0.3) is 0 Å². The summed E-state index contributed by atoms with van der Waals surface area (Å²) in [6, 6.07) is 3.61. The summed E-state index contributed by atoms with van der Waals surface area (Å²) in [5.74, 6) is 2.81. The van der Waals surface area contributed by atoms with Gasteiger partial charge in [0.15, 0.2) is 0 Å². The van der Waals surface area contributed by atoms with Crippen molar-refractivity contribution in [2.24, 2.45) is 23.7 Å². The number of nitrogens with zero attached hydrogens (tertiary/aromatic N) is 2. The summed E-state index contributed by atoms with van der Waals surface area (Å²) in [6.45, 7) is 3.44. The minimum atomic E-state index is -0.130. The van der Waals surface area contributed by atoms with Crippen LogP contribution in [0.3, 0.4) is 0 Å². The first-order valence-electron chi connectivity index (χ1n) is 12.9. The van der Waals surface area contributed by atoms with Crippen LogP contribution in [0.2, 0.25) is 0 Å². The number of aromatic nitrogens is 1. The van der Waals surface area contributed by atoms with E-state index < -0.39 is 0 Å². The smallest absolute Gasteiger partial charge is 0.315 e. The number of urea groups is 1. The third kappa shape index (κ3) is 5.20. The molecule has 4 amide bonds. The van der Waals surface area contributed by atoms with Crippen LogP contribution in [0.1, 0.15) is 63.4 Å². The van der Waals surface area contributed by atoms with Crippen molar-refractivity contribution in [3.63, 3.8) is 0 Å². The van der Waals surface area contributed by atoms with E-state index in [0.717, 1.165) is 42.6 Å². The van der Waals surface area contributed by atoms with E-state index >= 15 is 0 Å². The van der Waals surface area contributed by atoms with E-state index in [4.69, 9.17) is 0 Å². The molecule has 8 heteroatoms. The Morgan fingerprint density at radius 2 is 1.71 bits per heavy atom. The lowest BCUT2D eigenvalue weighted by molar-refractivity contribution is -0.134. The number of hydrogen-bond acceptors (Lipinski definition) is 4. The first kappa shape index (κ1) is 23.1. The number of likely N-dealkylation sites (tertiary alicyclic amines) is 1. The number of carbonyl (C=O) groups is 3. The molecule has 5 aliphatic rings. The van der Waals surface area contributed by atoms with E-state index in [9.17, 15) is 14.4 Å². The normalized spacial score (nSPS) is 30.1. The lowest BCUT2D eigenvalue weighted by Crippen LogP contribution is -2.61. The average molecular weight is 468 g/mol. The Hall–Kier alpha value is -2.64. The highest BCUT2D eigenvalue weighted by Gasteiger charge is 2.51. The number of pyridine rings is 1. The zero-order valence-corrected chi connectivity index (χ0v) is 20.1. The van der Waals surface area contributed by atoms with Crippen molar-refractivity contribution in [1.29, 1.82) is 0 Å². The van der Waals surface area contributed by atoms with Crippen molar-refractivity contribution >= 4 is 23.7 Å². The maximum Gasteiger partial charge on any atom is 0.315 e. The maximum absolute atomic E-state index is 12.6. The molecule has 3 N–H and O–H groups in total. The molecular weight excluding hydrogens is 430 g/mol. The van der Waals surface area contributed by atoms with Crippen LogP contribution in [0, 0.1) is 30.6 Å². The molecule has 6 rings (SSSR count). The van der Waals surface area contributed by atoms with Crippen molar-refractivity contribution in [1.82, 2.24) is 20.5 Å². The second-order valence-corrected chi connectivity index (χ2v) is 11.2. The molecule has 0 aromatic carbocycles. The largest absolute Gasteiger partial charge is 0.343 e. The topological polar surface area (TPSA) is 103 Å². The first-order chi connectivity index (χ1) is 16.4. The molecule has 8 nitrogen and oxygen atoms in total. The molecule has 184 valence electrons. The molecule has 0 spiro atoms. The van der Waals surface area contributed by atoms with Crippen LogP contribution in [0.15, 0.2) is 18.3 Å². The molecule has 0 unspecified atom stereocenters. The molecule has 4 bridgehead atoms. The highest BCUT2D eigenvalue weighted by atomic mass is 16.2. The van der Waals surface area contributed by atoms with Crippen LogP contribution in [-0.4, -0.2) is 52.9 Å². The van der Waals surface area contributed by atoms with Gasteiger partial charge < -0.3 is 20.9 Å². The fourth-order valence-electron chi connectivity index (χ4n) is 7.21. The van der Waals surface area contributed by atoms with Crippen molar-refractivity contribution in [3.8, 4) is 0 Å². The van der Waals surface area contributed by atoms with Gasteiger partial charge in [0.25, 0.3) is 0 Å². The number of amides is 4. The third-order valence-corrected chi connectivity index (χ3v) is 8.43. The van der Waals surface area contributed by atoms with E-state index in [1.54, 1.807) is 6.20 Å². The second-order valence-electron chi connectivity index (χ2n) is 11.2. The quantitative estimate of drug-likeness (QED) is 0.598. The number of rotatable bonds is 6. The molecular formula is C26H37N5O3. The predicted molar refractivity (Wildman–Crippen MR) is 129 cm³/mol. The van der Waals surface area contributed by atoms with Gasteiger partial charge in [-0.05, 0) is 93.7 Å². The lowest BCUT2D eigenvalue weighted by Gasteiger charge is -2.56. The summed E-state index contributed by atoms with van der Waals surface area (Å²) in [5.41, 5.74) is 1.03. The van der Waals surface area contributed by atoms with Crippen molar-refractivity contribution < 1.29 is 14.4 Å². The summed E-state index contributed by atoms with van der Waals surface area (Å²) < 4.78 is 0. The average Bonchev–Trinajstić information content (AvgIpc) is 2.78. The van der Waals surface area contributed by atoms with Crippen LogP contribution >= 0.6 is 0 Å². The standard InChI is InChI=1S/C26H37N5O3/c1-17-2-6-27-22(10-17)29-24(33)21-4-8-31(9-5-21)23(32)3-7-28-25(34)30-26-14-18-11-19(15-26)13-20(12-18)16-26/h2,6,10,18-21H,3-5,7-9,11-16H2,1H3,(H,27,29,33)(H2,28,30,34). The Morgan fingerprint density at radius 1 is 1.06 bits per heavy atom. The van der Waals surface area contributed by atoms with E-state index in [0.29, 0.717) is 44.7 Å². The van der Waals surface area contributed by atoms with Gasteiger partial charge in [-0.15, -0.1) is 0 Å². The molecule has 1 saturated heterocycles. The van der Waals surface area contributed by atoms with E-state index in [2.05, 4.69) is 20.9 Å². The Kier molecular flexibility index (Phi) is 6.49. The summed E-state index contributed by atoms with van der Waals surface area (Å²) in [6.07, 6.45) is 10.7. The Bertz CT molecular complexity index is 905. The number of piperidine rings is 1. The van der Waals surface area contributed by atoms with Crippen LogP contribution < -0.4 is 16.0 Å². The molecule has 1 aromatic rings. The lowest BCUT2D eigenvalue weighted by atomic mass is 9.53. The highest BCUT2D eigenvalue weighted by molar-refractivity contribution is 5.92. The Balaban J connectivity index is 1.01. The Morgan fingerprint density at radius 3 is 2.32 bits per heavy atom. The van der Waals surface area contributed by atoms with E-state index in [1.807, 2.05) is 24.0 Å². The number of nitrogens with one attached hydrogen (secondary N) is 3. The van der Waals surface area contributed by atoms with Crippen LogP contribution in [0.4, 0.5) is 10.6 Å². The molecule has 4 aliphatic carbocycles. The van der Waals surface area contributed by atoms with Gasteiger partial charge in [0, 0.05) is 43.7 Å². The molecule has 5 fully saturated rings. The van der Waals surface area contributed by atoms with Crippen molar-refractivity contribution in [3.05, 3.63) is 23.9 Å². The predicted octanol–water partition coefficient (Wildman–Crippen LogP) is 3.23. The van der Waals surface area contributed by atoms with E-state index in [1.165, 1.54) is 19.3 Å². The number of hydrogen-bond donors (Lipinski definition) is 3. The van der Waals surface area contributed by atoms with Gasteiger partial charge >= 0.3 is 6.03 Å². The fourth-order valence-corrected chi connectivity index (χ4v) is 7.21. The highest BCUT2D eigenvalue weighted by Crippen LogP contribution is 2.55. The zero-order chi connectivity index (χ0) is 23.7. The van der Waals surface area contributed by atoms with E-state index in [-0.39, 0.29) is 29.3 Å². The monoisotopic (exact) mass is 467 g/mol. The first-order valence-corrected chi connectivity index (χ1v) is 12.9. The zero-order valence-electron chi connectivity index (χ0n) is 20.1. The second kappa shape index (κ2) is 9.55.